The van der Waals surface area contributed by atoms with Gasteiger partial charge in [-0.15, -0.1) is 0 Å². The van der Waals surface area contributed by atoms with Crippen molar-refractivity contribution < 1.29 is 23.5 Å². The predicted molar refractivity (Wildman–Crippen MR) is 127 cm³/mol. The van der Waals surface area contributed by atoms with Crippen LogP contribution in [-0.2, 0) is 16.1 Å². The number of fused-ring (bicyclic) bond motifs is 3. The molecule has 0 unspecified atom stereocenters. The van der Waals surface area contributed by atoms with Crippen LogP contribution in [0.1, 0.15) is 19.3 Å². The lowest BCUT2D eigenvalue weighted by atomic mass is 9.88. The largest absolute Gasteiger partial charge is 0.480 e. The summed E-state index contributed by atoms with van der Waals surface area (Å²) in [5.41, 5.74) is 0.781. The van der Waals surface area contributed by atoms with Crippen LogP contribution in [0, 0.1) is 5.82 Å². The molecule has 12 heteroatoms. The first-order valence-electron chi connectivity index (χ1n) is 11.8. The lowest BCUT2D eigenvalue weighted by Gasteiger charge is -2.33. The zero-order valence-corrected chi connectivity index (χ0v) is 19.1. The zero-order chi connectivity index (χ0) is 24.8. The molecule has 2 amide bonds. The van der Waals surface area contributed by atoms with Crippen molar-refractivity contribution in [2.75, 3.05) is 23.4 Å². The van der Waals surface area contributed by atoms with Gasteiger partial charge in [-0.2, -0.15) is 0 Å². The molecule has 36 heavy (non-hydrogen) atoms. The number of carbonyl (C=O) groups excluding carboxylic acids is 2. The van der Waals surface area contributed by atoms with Crippen molar-refractivity contribution in [1.82, 2.24) is 19.9 Å². The van der Waals surface area contributed by atoms with E-state index in [1.165, 1.54) is 16.7 Å². The van der Waals surface area contributed by atoms with E-state index >= 15 is 0 Å². The lowest BCUT2D eigenvalue weighted by Crippen LogP contribution is -2.46. The number of aromatic nitrogens is 3. The lowest BCUT2D eigenvalue weighted by molar-refractivity contribution is -0.118. The number of anilines is 2. The first kappa shape index (κ1) is 22.4. The van der Waals surface area contributed by atoms with E-state index in [9.17, 15) is 18.8 Å². The summed E-state index contributed by atoms with van der Waals surface area (Å²) in [5, 5.41) is 6.10. The molecule has 0 aromatic carbocycles. The van der Waals surface area contributed by atoms with E-state index in [1.807, 2.05) is 0 Å². The van der Waals surface area contributed by atoms with Gasteiger partial charge in [0.25, 0.3) is 11.5 Å². The molecule has 3 aromatic rings. The number of hydrogen-bond donors (Lipinski definition) is 2. The number of nitrogens with zero attached hydrogens (tertiary/aromatic N) is 4. The molecule has 0 bridgehead atoms. The molecule has 3 aliphatic rings. The van der Waals surface area contributed by atoms with E-state index in [0.717, 1.165) is 12.6 Å². The molecular formula is C24H23FN6O5. The van der Waals surface area contributed by atoms with Gasteiger partial charge in [-0.25, -0.2) is 14.2 Å². The monoisotopic (exact) mass is 494 g/mol. The molecule has 2 aliphatic heterocycles. The maximum Gasteiger partial charge on any atom is 0.416 e. The number of rotatable bonds is 5. The topological polar surface area (TPSA) is 128 Å². The fourth-order valence-corrected chi connectivity index (χ4v) is 5.15. The molecule has 2 N–H and O–H groups in total. The second-order valence-corrected chi connectivity index (χ2v) is 9.06. The number of ether oxygens (including phenoxy) is 2. The second-order valence-electron chi connectivity index (χ2n) is 9.06. The number of pyridine rings is 3. The summed E-state index contributed by atoms with van der Waals surface area (Å²) in [7, 11) is 0. The van der Waals surface area contributed by atoms with E-state index in [4.69, 9.17) is 9.47 Å². The molecule has 1 aliphatic carbocycles. The Morgan fingerprint density at radius 1 is 1.17 bits per heavy atom. The van der Waals surface area contributed by atoms with Crippen LogP contribution in [0.15, 0.2) is 41.3 Å². The first-order chi connectivity index (χ1) is 17.5. The fourth-order valence-electron chi connectivity index (χ4n) is 5.15. The minimum atomic E-state index is -0.496. The van der Waals surface area contributed by atoms with E-state index in [1.54, 1.807) is 23.1 Å². The number of hydrogen-bond acceptors (Lipinski definition) is 8. The third-order valence-electron chi connectivity index (χ3n) is 6.82. The van der Waals surface area contributed by atoms with Gasteiger partial charge in [0.2, 0.25) is 0 Å². The van der Waals surface area contributed by atoms with Gasteiger partial charge in [0.1, 0.15) is 17.7 Å². The van der Waals surface area contributed by atoms with Crippen molar-refractivity contribution >= 4 is 34.7 Å². The van der Waals surface area contributed by atoms with Gasteiger partial charge in [0, 0.05) is 37.7 Å². The Kier molecular flexibility index (Phi) is 5.52. The van der Waals surface area contributed by atoms with Gasteiger partial charge in [-0.1, -0.05) is 0 Å². The Hall–Kier alpha value is -4.06. The molecule has 3 atom stereocenters. The van der Waals surface area contributed by atoms with Crippen molar-refractivity contribution in [3.8, 4) is 5.75 Å². The third-order valence-corrected chi connectivity index (χ3v) is 6.82. The average Bonchev–Trinajstić information content (AvgIpc) is 3.19. The van der Waals surface area contributed by atoms with Crippen LogP contribution in [-0.4, -0.2) is 57.9 Å². The Balaban J connectivity index is 1.11. The van der Waals surface area contributed by atoms with Gasteiger partial charge < -0.3 is 24.7 Å². The molecular weight excluding hydrogens is 471 g/mol. The zero-order valence-electron chi connectivity index (χ0n) is 19.1. The SMILES string of the molecule is O=C1COc2ccc(N3C(=O)O[C@@H]4C[C@@H](NCCn5c(=O)ccc6ncc(F)cc65)CC[C@@H]43)nc2N1. The van der Waals surface area contributed by atoms with Crippen molar-refractivity contribution in [1.29, 1.82) is 0 Å². The van der Waals surface area contributed by atoms with Crippen molar-refractivity contribution in [3.05, 3.63) is 52.7 Å². The molecule has 0 radical (unpaired) electrons. The molecule has 6 rings (SSSR count). The molecule has 186 valence electrons. The Labute approximate surface area is 204 Å². The molecule has 1 saturated heterocycles. The quantitative estimate of drug-likeness (QED) is 0.550. The third kappa shape index (κ3) is 4.02. The predicted octanol–water partition coefficient (Wildman–Crippen LogP) is 1.80. The minimum Gasteiger partial charge on any atom is -0.480 e. The van der Waals surface area contributed by atoms with Crippen LogP contribution in [0.4, 0.5) is 20.8 Å². The number of carbonyl (C=O) groups is 2. The number of nitrogens with one attached hydrogen (secondary N) is 2. The molecule has 1 saturated carbocycles. The normalized spacial score (nSPS) is 23.0. The second kappa shape index (κ2) is 8.86. The molecule has 2 fully saturated rings. The Morgan fingerprint density at radius 3 is 2.94 bits per heavy atom. The molecule has 5 heterocycles. The standard InChI is InChI=1S/C24H23FN6O5/c25-13-9-17-15(27-11-13)2-6-22(33)30(17)8-7-26-14-1-3-16-19(10-14)36-24(34)31(16)20-5-4-18-23(28-20)29-21(32)12-35-18/h2,4-6,9,11,14,16,19,26H,1,3,7-8,10,12H2,(H,28,29,32)/t14-,16-,19+/m0/s1. The summed E-state index contributed by atoms with van der Waals surface area (Å²) in [6.45, 7) is 0.772. The van der Waals surface area contributed by atoms with Gasteiger partial charge in [-0.05, 0) is 31.0 Å². The highest BCUT2D eigenvalue weighted by molar-refractivity contribution is 5.95. The van der Waals surface area contributed by atoms with E-state index < -0.39 is 11.9 Å². The summed E-state index contributed by atoms with van der Waals surface area (Å²) in [6.07, 6.45) is 2.43. The van der Waals surface area contributed by atoms with Gasteiger partial charge >= 0.3 is 6.09 Å². The highest BCUT2D eigenvalue weighted by Gasteiger charge is 2.46. The number of halogens is 1. The highest BCUT2D eigenvalue weighted by Crippen LogP contribution is 2.37. The minimum absolute atomic E-state index is 0.0677. The van der Waals surface area contributed by atoms with E-state index in [-0.39, 0.29) is 42.1 Å². The van der Waals surface area contributed by atoms with Crippen LogP contribution >= 0.6 is 0 Å². The van der Waals surface area contributed by atoms with Gasteiger partial charge in [0.15, 0.2) is 18.2 Å². The van der Waals surface area contributed by atoms with E-state index in [2.05, 4.69) is 20.6 Å². The Morgan fingerprint density at radius 2 is 2.06 bits per heavy atom. The molecule has 0 spiro atoms. The summed E-state index contributed by atoms with van der Waals surface area (Å²) in [4.78, 5) is 46.7. The van der Waals surface area contributed by atoms with Crippen molar-refractivity contribution in [2.24, 2.45) is 0 Å². The highest BCUT2D eigenvalue weighted by atomic mass is 19.1. The van der Waals surface area contributed by atoms with Crippen LogP contribution in [0.25, 0.3) is 11.0 Å². The van der Waals surface area contributed by atoms with Gasteiger partial charge in [0.05, 0.1) is 23.3 Å². The van der Waals surface area contributed by atoms with Gasteiger partial charge in [-0.3, -0.25) is 19.5 Å². The smallest absolute Gasteiger partial charge is 0.416 e. The molecule has 3 aromatic heterocycles. The summed E-state index contributed by atoms with van der Waals surface area (Å²) < 4.78 is 26.2. The molecule has 11 nitrogen and oxygen atoms in total. The van der Waals surface area contributed by atoms with Crippen molar-refractivity contribution in [2.45, 2.75) is 44.0 Å². The van der Waals surface area contributed by atoms with E-state index in [0.29, 0.717) is 48.5 Å². The average molecular weight is 494 g/mol. The fraction of sp³-hybridized carbons (Fsp3) is 0.375. The maximum absolute atomic E-state index is 13.7. The van der Waals surface area contributed by atoms with Crippen LogP contribution in [0.2, 0.25) is 0 Å². The van der Waals surface area contributed by atoms with Crippen LogP contribution in [0.5, 0.6) is 5.75 Å². The summed E-state index contributed by atoms with van der Waals surface area (Å²) in [6, 6.07) is 7.61. The summed E-state index contributed by atoms with van der Waals surface area (Å²) in [5.74, 6) is 0.352. The first-order valence-corrected chi connectivity index (χ1v) is 11.8. The van der Waals surface area contributed by atoms with Crippen molar-refractivity contribution in [3.63, 3.8) is 0 Å². The van der Waals surface area contributed by atoms with Crippen LogP contribution < -0.4 is 25.8 Å². The summed E-state index contributed by atoms with van der Waals surface area (Å²) >= 11 is 0. The maximum atomic E-state index is 13.7. The number of amides is 2. The Bertz CT molecular complexity index is 1430. The van der Waals surface area contributed by atoms with Crippen LogP contribution in [0.3, 0.4) is 0 Å².